The summed E-state index contributed by atoms with van der Waals surface area (Å²) in [7, 11) is 0. The maximum absolute atomic E-state index is 12.3. The Morgan fingerprint density at radius 1 is 0.809 bits per heavy atom. The molecule has 0 radical (unpaired) electrons. The van der Waals surface area contributed by atoms with Crippen molar-refractivity contribution in [3.63, 3.8) is 0 Å². The number of allylic oxidation sites excluding steroid dienone is 1. The van der Waals surface area contributed by atoms with Gasteiger partial charge in [-0.3, -0.25) is 14.4 Å². The fourth-order valence-corrected chi connectivity index (χ4v) is 8.35. The Morgan fingerprint density at radius 3 is 2.06 bits per heavy atom. The van der Waals surface area contributed by atoms with Gasteiger partial charge >= 0.3 is 5.97 Å². The molecule has 7 nitrogen and oxygen atoms in total. The van der Waals surface area contributed by atoms with Crippen molar-refractivity contribution >= 4 is 17.7 Å². The molecule has 3 atom stereocenters. The maximum Gasteiger partial charge on any atom is 0.306 e. The van der Waals surface area contributed by atoms with Gasteiger partial charge in [0.05, 0.1) is 12.0 Å². The molecule has 0 saturated heterocycles. The lowest BCUT2D eigenvalue weighted by Crippen LogP contribution is -2.40. The van der Waals surface area contributed by atoms with Gasteiger partial charge in [-0.2, -0.15) is 0 Å². The molecule has 0 unspecified atom stereocenters. The Kier molecular flexibility index (Phi) is 19.9. The number of aliphatic hydroxyl groups is 1. The second-order valence-electron chi connectivity index (χ2n) is 15.4. The Hall–Kier alpha value is -1.73. The van der Waals surface area contributed by atoms with Gasteiger partial charge < -0.3 is 20.8 Å². The average Bonchev–Trinajstić information content (AvgIpc) is 3.44. The highest BCUT2D eigenvalue weighted by Gasteiger charge is 2.32. The molecule has 0 aromatic carbocycles. The van der Waals surface area contributed by atoms with Crippen LogP contribution in [0.1, 0.15) is 174 Å². The first-order valence-electron chi connectivity index (χ1n) is 20.0. The predicted molar refractivity (Wildman–Crippen MR) is 191 cm³/mol. The molecule has 4 N–H and O–H groups in total. The third-order valence-corrected chi connectivity index (χ3v) is 11.5. The van der Waals surface area contributed by atoms with Crippen LogP contribution >= 0.6 is 0 Å². The number of carboxylic acids is 1. The van der Waals surface area contributed by atoms with Crippen LogP contribution in [0.2, 0.25) is 0 Å². The third kappa shape index (κ3) is 16.5. The molecule has 7 heteroatoms. The van der Waals surface area contributed by atoms with Crippen molar-refractivity contribution in [1.82, 2.24) is 10.6 Å². The number of amides is 1. The number of Topliss-reactive ketones (excluding diaryl/α,β-unsaturated/α-hetero) is 1. The molecular formula is C40H70N2O5. The molecular weight excluding hydrogens is 588 g/mol. The number of rotatable bonds is 18. The van der Waals surface area contributed by atoms with Crippen LogP contribution in [0.15, 0.2) is 12.2 Å². The summed E-state index contributed by atoms with van der Waals surface area (Å²) < 4.78 is 0. The van der Waals surface area contributed by atoms with Crippen molar-refractivity contribution in [3.05, 3.63) is 12.2 Å². The predicted octanol–water partition coefficient (Wildman–Crippen LogP) is 8.67. The van der Waals surface area contributed by atoms with Gasteiger partial charge in [0.1, 0.15) is 5.78 Å². The van der Waals surface area contributed by atoms with E-state index in [2.05, 4.69) is 23.6 Å². The van der Waals surface area contributed by atoms with Gasteiger partial charge in [0.25, 0.3) is 0 Å². The van der Waals surface area contributed by atoms with Crippen LogP contribution in [0.4, 0.5) is 0 Å². The van der Waals surface area contributed by atoms with E-state index in [0.717, 1.165) is 102 Å². The zero-order valence-corrected chi connectivity index (χ0v) is 29.9. The summed E-state index contributed by atoms with van der Waals surface area (Å²) >= 11 is 0. The summed E-state index contributed by atoms with van der Waals surface area (Å²) in [6, 6.07) is 1.74. The van der Waals surface area contributed by atoms with E-state index in [-0.39, 0.29) is 23.7 Å². The summed E-state index contributed by atoms with van der Waals surface area (Å²) in [5.74, 6) is 0.329. The van der Waals surface area contributed by atoms with Gasteiger partial charge in [0.15, 0.2) is 0 Å². The first kappa shape index (κ1) is 39.7. The quantitative estimate of drug-likeness (QED) is 0.0865. The van der Waals surface area contributed by atoms with E-state index < -0.39 is 12.1 Å². The van der Waals surface area contributed by atoms with E-state index in [9.17, 15) is 19.5 Å². The van der Waals surface area contributed by atoms with Crippen molar-refractivity contribution in [2.24, 2.45) is 23.7 Å². The van der Waals surface area contributed by atoms with E-state index in [1.165, 1.54) is 64.2 Å². The van der Waals surface area contributed by atoms with E-state index in [1.807, 2.05) is 6.08 Å². The molecule has 47 heavy (non-hydrogen) atoms. The SMILES string of the molecule is C1CCC(NC2CCCCC2)CC1.CCCCC[C@H](O)/C=C/[C@H]1CCC(=O)[C@@H]1CCCCCCC(=O)NCC1CCC(C(=O)O)CC1. The highest BCUT2D eigenvalue weighted by molar-refractivity contribution is 5.83. The minimum atomic E-state index is -0.691. The van der Waals surface area contributed by atoms with Crippen molar-refractivity contribution < 1.29 is 24.6 Å². The Labute approximate surface area is 286 Å². The number of nitrogens with one attached hydrogen (secondary N) is 2. The van der Waals surface area contributed by atoms with Gasteiger partial charge in [-0.05, 0) is 88.9 Å². The van der Waals surface area contributed by atoms with Gasteiger partial charge in [0.2, 0.25) is 5.91 Å². The number of aliphatic hydroxyl groups excluding tert-OH is 1. The molecule has 0 aromatic heterocycles. The molecule has 0 heterocycles. The van der Waals surface area contributed by atoms with E-state index in [4.69, 9.17) is 5.11 Å². The number of hydrogen-bond donors (Lipinski definition) is 4. The van der Waals surface area contributed by atoms with Crippen LogP contribution in [-0.2, 0) is 14.4 Å². The van der Waals surface area contributed by atoms with Crippen molar-refractivity contribution in [2.75, 3.05) is 6.54 Å². The van der Waals surface area contributed by atoms with Crippen LogP contribution in [0.5, 0.6) is 0 Å². The summed E-state index contributed by atoms with van der Waals surface area (Å²) in [4.78, 5) is 35.5. The smallest absolute Gasteiger partial charge is 0.306 e. The highest BCUT2D eigenvalue weighted by atomic mass is 16.4. The molecule has 4 aliphatic carbocycles. The lowest BCUT2D eigenvalue weighted by molar-refractivity contribution is -0.143. The second-order valence-corrected chi connectivity index (χ2v) is 15.4. The highest BCUT2D eigenvalue weighted by Crippen LogP contribution is 2.34. The van der Waals surface area contributed by atoms with Gasteiger partial charge in [0, 0.05) is 37.4 Å². The monoisotopic (exact) mass is 659 g/mol. The third-order valence-electron chi connectivity index (χ3n) is 11.5. The first-order chi connectivity index (χ1) is 22.9. The average molecular weight is 659 g/mol. The fraction of sp³-hybridized carbons (Fsp3) is 0.875. The lowest BCUT2D eigenvalue weighted by atomic mass is 9.82. The largest absolute Gasteiger partial charge is 0.481 e. The van der Waals surface area contributed by atoms with Gasteiger partial charge in [-0.15, -0.1) is 0 Å². The Balaban J connectivity index is 0.000000380. The standard InChI is InChI=1S/C28H47NO5.C12H23N/c1-2-3-6-9-24(30)18-16-22-17-19-26(31)25(22)10-7-4-5-8-11-27(32)29-20-21-12-14-23(15-13-21)28(33)34;1-3-7-11(8-4-1)13-12-9-5-2-6-10-12/h16,18,21-25,30H,2-15,17,19-20H2,1H3,(H,29,32)(H,33,34);11-13H,1-10H2/b18-16+;/t21?,22-,23?,24-,25+;/m0./s1. The lowest BCUT2D eigenvalue weighted by Gasteiger charge is -2.30. The molecule has 0 aromatic rings. The summed E-state index contributed by atoms with van der Waals surface area (Å²) in [5.41, 5.74) is 0. The molecule has 1 amide bonds. The first-order valence-corrected chi connectivity index (χ1v) is 20.0. The fourth-order valence-electron chi connectivity index (χ4n) is 8.35. The number of aliphatic carboxylic acids is 1. The normalized spacial score (nSPS) is 26.6. The molecule has 4 rings (SSSR count). The minimum absolute atomic E-state index is 0.0917. The van der Waals surface area contributed by atoms with E-state index in [1.54, 1.807) is 0 Å². The number of carboxylic acid groups (broad SMARTS) is 1. The van der Waals surface area contributed by atoms with Gasteiger partial charge in [-0.25, -0.2) is 0 Å². The number of ketones is 1. The zero-order chi connectivity index (χ0) is 33.7. The van der Waals surface area contributed by atoms with Crippen LogP contribution in [0, 0.1) is 23.7 Å². The van der Waals surface area contributed by atoms with E-state index >= 15 is 0 Å². The van der Waals surface area contributed by atoms with Crippen LogP contribution in [0.3, 0.4) is 0 Å². The number of carbonyl (C=O) groups is 3. The van der Waals surface area contributed by atoms with E-state index in [0.29, 0.717) is 31.1 Å². The molecule has 4 saturated carbocycles. The number of unbranched alkanes of at least 4 members (excludes halogenated alkanes) is 5. The molecule has 4 fully saturated rings. The van der Waals surface area contributed by atoms with Crippen LogP contribution < -0.4 is 10.6 Å². The summed E-state index contributed by atoms with van der Waals surface area (Å²) in [5, 5.41) is 26.1. The van der Waals surface area contributed by atoms with Crippen LogP contribution in [-0.4, -0.2) is 52.6 Å². The summed E-state index contributed by atoms with van der Waals surface area (Å²) in [6.07, 6.45) is 32.4. The Morgan fingerprint density at radius 2 is 1.45 bits per heavy atom. The zero-order valence-electron chi connectivity index (χ0n) is 29.9. The molecule has 270 valence electrons. The Bertz CT molecular complexity index is 886. The maximum atomic E-state index is 12.3. The van der Waals surface area contributed by atoms with Crippen LogP contribution in [0.25, 0.3) is 0 Å². The molecule has 0 aliphatic heterocycles. The number of carbonyl (C=O) groups excluding carboxylic acids is 2. The topological polar surface area (TPSA) is 116 Å². The molecule has 0 bridgehead atoms. The van der Waals surface area contributed by atoms with Crippen molar-refractivity contribution in [1.29, 1.82) is 0 Å². The number of hydrogen-bond acceptors (Lipinski definition) is 5. The summed E-state index contributed by atoms with van der Waals surface area (Å²) in [6.45, 7) is 2.82. The second kappa shape index (κ2) is 23.6. The van der Waals surface area contributed by atoms with Gasteiger partial charge in [-0.1, -0.05) is 96.1 Å². The molecule has 0 spiro atoms. The van der Waals surface area contributed by atoms with Crippen molar-refractivity contribution in [3.8, 4) is 0 Å². The minimum Gasteiger partial charge on any atom is -0.481 e. The van der Waals surface area contributed by atoms with Crippen molar-refractivity contribution in [2.45, 2.75) is 192 Å². The molecule has 4 aliphatic rings.